The van der Waals surface area contributed by atoms with Gasteiger partial charge in [-0.2, -0.15) is 5.10 Å². The first-order valence-electron chi connectivity index (χ1n) is 8.88. The Morgan fingerprint density at radius 2 is 2.00 bits per heavy atom. The molecule has 0 atom stereocenters. The largest absolute Gasteiger partial charge is 0.497 e. The molecule has 1 N–H and O–H groups in total. The number of amides is 1. The second-order valence-corrected chi connectivity index (χ2v) is 6.79. The maximum atomic E-state index is 12.2. The Hall–Kier alpha value is -3.05. The van der Waals surface area contributed by atoms with Gasteiger partial charge in [0.1, 0.15) is 10.9 Å². The van der Waals surface area contributed by atoms with E-state index in [0.29, 0.717) is 11.7 Å². The monoisotopic (exact) mass is 395 g/mol. The van der Waals surface area contributed by atoms with E-state index in [1.165, 1.54) is 6.08 Å². The molecule has 2 aromatic carbocycles. The van der Waals surface area contributed by atoms with Gasteiger partial charge in [-0.15, -0.1) is 0 Å². The second kappa shape index (κ2) is 8.76. The number of anilines is 1. The van der Waals surface area contributed by atoms with Crippen molar-refractivity contribution in [3.63, 3.8) is 0 Å². The standard InChI is InChI=1S/C22H22ClN3O2/c1-15-7-4-5-10-20(15)24-21(27)12-11-19-16(2)25-26(22(19)23)14-17-8-6-9-18(13-17)28-3/h4-13H,14H2,1-3H3,(H,24,27)/b12-11+. The summed E-state index contributed by atoms with van der Waals surface area (Å²) in [7, 11) is 1.63. The van der Waals surface area contributed by atoms with Gasteiger partial charge in [-0.05, 0) is 49.2 Å². The summed E-state index contributed by atoms with van der Waals surface area (Å²) in [6.07, 6.45) is 3.17. The Morgan fingerprint density at radius 1 is 1.21 bits per heavy atom. The van der Waals surface area contributed by atoms with E-state index in [1.807, 2.05) is 62.4 Å². The van der Waals surface area contributed by atoms with Crippen molar-refractivity contribution in [1.29, 1.82) is 0 Å². The number of halogens is 1. The van der Waals surface area contributed by atoms with Crippen LogP contribution in [0.15, 0.2) is 54.6 Å². The maximum Gasteiger partial charge on any atom is 0.248 e. The molecule has 3 aromatic rings. The van der Waals surface area contributed by atoms with Crippen LogP contribution < -0.4 is 10.1 Å². The lowest BCUT2D eigenvalue weighted by molar-refractivity contribution is -0.111. The highest BCUT2D eigenvalue weighted by Gasteiger charge is 2.12. The Kier molecular flexibility index (Phi) is 6.16. The molecule has 0 saturated carbocycles. The molecule has 0 fully saturated rings. The first-order valence-corrected chi connectivity index (χ1v) is 9.26. The summed E-state index contributed by atoms with van der Waals surface area (Å²) in [4.78, 5) is 12.2. The molecule has 0 unspecified atom stereocenters. The Morgan fingerprint density at radius 3 is 2.75 bits per heavy atom. The minimum atomic E-state index is -0.217. The van der Waals surface area contributed by atoms with Crippen LogP contribution in [0.2, 0.25) is 5.15 Å². The van der Waals surface area contributed by atoms with E-state index in [2.05, 4.69) is 10.4 Å². The zero-order chi connectivity index (χ0) is 20.1. The van der Waals surface area contributed by atoms with E-state index in [9.17, 15) is 4.79 Å². The molecule has 1 amide bonds. The number of aromatic nitrogens is 2. The molecule has 0 saturated heterocycles. The Bertz CT molecular complexity index is 1020. The summed E-state index contributed by atoms with van der Waals surface area (Å²) in [5.41, 5.74) is 4.30. The number of benzene rings is 2. The predicted octanol–water partition coefficient (Wildman–Crippen LogP) is 4.86. The number of para-hydroxylation sites is 1. The van der Waals surface area contributed by atoms with E-state index in [4.69, 9.17) is 16.3 Å². The average molecular weight is 396 g/mol. The number of carbonyl (C=O) groups is 1. The lowest BCUT2D eigenvalue weighted by Gasteiger charge is -2.06. The third-order valence-electron chi connectivity index (χ3n) is 4.38. The molecule has 0 bridgehead atoms. The van der Waals surface area contributed by atoms with Crippen molar-refractivity contribution in [2.75, 3.05) is 12.4 Å². The molecular formula is C22H22ClN3O2. The molecule has 0 aliphatic carbocycles. The molecule has 0 aliphatic rings. The lowest BCUT2D eigenvalue weighted by Crippen LogP contribution is -2.08. The zero-order valence-electron chi connectivity index (χ0n) is 16.1. The van der Waals surface area contributed by atoms with E-state index in [0.717, 1.165) is 33.8 Å². The zero-order valence-corrected chi connectivity index (χ0v) is 16.8. The highest BCUT2D eigenvalue weighted by molar-refractivity contribution is 6.31. The van der Waals surface area contributed by atoms with Gasteiger partial charge in [0.25, 0.3) is 0 Å². The predicted molar refractivity (Wildman–Crippen MR) is 113 cm³/mol. The van der Waals surface area contributed by atoms with Crippen LogP contribution in [0.1, 0.15) is 22.4 Å². The van der Waals surface area contributed by atoms with Crippen LogP contribution in [0.3, 0.4) is 0 Å². The number of carbonyl (C=O) groups excluding carboxylic acids is 1. The molecule has 28 heavy (non-hydrogen) atoms. The fraction of sp³-hybridized carbons (Fsp3) is 0.182. The van der Waals surface area contributed by atoms with Crippen LogP contribution >= 0.6 is 11.6 Å². The molecule has 144 valence electrons. The van der Waals surface area contributed by atoms with Gasteiger partial charge in [-0.25, -0.2) is 4.68 Å². The van der Waals surface area contributed by atoms with E-state index in [-0.39, 0.29) is 5.91 Å². The smallest absolute Gasteiger partial charge is 0.248 e. The fourth-order valence-electron chi connectivity index (χ4n) is 2.85. The van der Waals surface area contributed by atoms with E-state index >= 15 is 0 Å². The third kappa shape index (κ3) is 4.61. The van der Waals surface area contributed by atoms with Crippen LogP contribution in [0.25, 0.3) is 6.08 Å². The quantitative estimate of drug-likeness (QED) is 0.606. The summed E-state index contributed by atoms with van der Waals surface area (Å²) >= 11 is 6.51. The van der Waals surface area contributed by atoms with Gasteiger partial charge < -0.3 is 10.1 Å². The van der Waals surface area contributed by atoms with Gasteiger partial charge >= 0.3 is 0 Å². The molecule has 6 heteroatoms. The molecule has 3 rings (SSSR count). The maximum absolute atomic E-state index is 12.2. The number of rotatable bonds is 6. The first kappa shape index (κ1) is 19.7. The lowest BCUT2D eigenvalue weighted by atomic mass is 10.2. The topological polar surface area (TPSA) is 56.2 Å². The third-order valence-corrected chi connectivity index (χ3v) is 4.78. The molecule has 5 nitrogen and oxygen atoms in total. The SMILES string of the molecule is COc1cccc(Cn2nc(C)c(/C=C/C(=O)Nc3ccccc3C)c2Cl)c1. The highest BCUT2D eigenvalue weighted by atomic mass is 35.5. The summed E-state index contributed by atoms with van der Waals surface area (Å²) in [5.74, 6) is 0.566. The number of hydrogen-bond acceptors (Lipinski definition) is 3. The Labute approximate surface area is 169 Å². The van der Waals surface area contributed by atoms with E-state index in [1.54, 1.807) is 17.9 Å². The summed E-state index contributed by atoms with van der Waals surface area (Å²) in [6.45, 7) is 4.33. The second-order valence-electron chi connectivity index (χ2n) is 6.44. The van der Waals surface area contributed by atoms with Crippen LogP contribution in [-0.2, 0) is 11.3 Å². The van der Waals surface area contributed by atoms with Gasteiger partial charge in [0.05, 0.1) is 19.3 Å². The van der Waals surface area contributed by atoms with Crippen LogP contribution in [0, 0.1) is 13.8 Å². The van der Waals surface area contributed by atoms with Gasteiger partial charge in [0, 0.05) is 17.3 Å². The fourth-order valence-corrected chi connectivity index (χ4v) is 3.15. The van der Waals surface area contributed by atoms with E-state index < -0.39 is 0 Å². The molecule has 1 heterocycles. The van der Waals surface area contributed by atoms with Gasteiger partial charge in [0.15, 0.2) is 0 Å². The number of hydrogen-bond donors (Lipinski definition) is 1. The van der Waals surface area contributed by atoms with Crippen molar-refractivity contribution >= 4 is 29.3 Å². The Balaban J connectivity index is 1.75. The van der Waals surface area contributed by atoms with Gasteiger partial charge in [0.2, 0.25) is 5.91 Å². The highest BCUT2D eigenvalue weighted by Crippen LogP contribution is 2.23. The van der Waals surface area contributed by atoms with Crippen molar-refractivity contribution in [2.45, 2.75) is 20.4 Å². The molecule has 1 aromatic heterocycles. The van der Waals surface area contributed by atoms with Crippen molar-refractivity contribution in [2.24, 2.45) is 0 Å². The number of ether oxygens (including phenoxy) is 1. The summed E-state index contributed by atoms with van der Waals surface area (Å²) in [6, 6.07) is 15.4. The van der Waals surface area contributed by atoms with Crippen LogP contribution in [0.4, 0.5) is 5.69 Å². The normalized spacial score (nSPS) is 11.0. The minimum Gasteiger partial charge on any atom is -0.497 e. The summed E-state index contributed by atoms with van der Waals surface area (Å²) < 4.78 is 6.97. The van der Waals surface area contributed by atoms with Crippen molar-refractivity contribution in [3.05, 3.63) is 82.1 Å². The molecule has 0 radical (unpaired) electrons. The van der Waals surface area contributed by atoms with Gasteiger partial charge in [-0.3, -0.25) is 4.79 Å². The number of nitrogens with one attached hydrogen (secondary N) is 1. The molecule has 0 aliphatic heterocycles. The average Bonchev–Trinajstić information content (AvgIpc) is 2.95. The minimum absolute atomic E-state index is 0.217. The van der Waals surface area contributed by atoms with Crippen molar-refractivity contribution < 1.29 is 9.53 Å². The van der Waals surface area contributed by atoms with Crippen molar-refractivity contribution in [1.82, 2.24) is 9.78 Å². The van der Waals surface area contributed by atoms with Crippen LogP contribution in [0.5, 0.6) is 5.75 Å². The summed E-state index contributed by atoms with van der Waals surface area (Å²) in [5, 5.41) is 7.85. The van der Waals surface area contributed by atoms with Crippen molar-refractivity contribution in [3.8, 4) is 5.75 Å². The first-order chi connectivity index (χ1) is 13.5. The molecule has 0 spiro atoms. The number of aryl methyl sites for hydroxylation is 2. The number of nitrogens with zero attached hydrogens (tertiary/aromatic N) is 2. The molecular weight excluding hydrogens is 374 g/mol. The van der Waals surface area contributed by atoms with Crippen LogP contribution in [-0.4, -0.2) is 22.8 Å². The number of methoxy groups -OCH3 is 1. The van der Waals surface area contributed by atoms with Gasteiger partial charge in [-0.1, -0.05) is 41.9 Å².